The van der Waals surface area contributed by atoms with Crippen LogP contribution in [0.3, 0.4) is 0 Å². The molecule has 2 atom stereocenters. The van der Waals surface area contributed by atoms with E-state index in [-0.39, 0.29) is 35.2 Å². The fourth-order valence-corrected chi connectivity index (χ4v) is 5.78. The fourth-order valence-electron chi connectivity index (χ4n) is 3.54. The molecule has 0 saturated carbocycles. The summed E-state index contributed by atoms with van der Waals surface area (Å²) in [7, 11) is -3.20. The number of hydrogen-bond acceptors (Lipinski definition) is 5. The average molecular weight is 377 g/mol. The van der Waals surface area contributed by atoms with E-state index >= 15 is 0 Å². The minimum atomic E-state index is -3.20. The zero-order valence-corrected chi connectivity index (χ0v) is 14.4. The van der Waals surface area contributed by atoms with Gasteiger partial charge in [0.25, 0.3) is 0 Å². The van der Waals surface area contributed by atoms with E-state index in [1.54, 1.807) is 17.0 Å². The van der Waals surface area contributed by atoms with Gasteiger partial charge in [-0.05, 0) is 17.7 Å². The van der Waals surface area contributed by atoms with Crippen LogP contribution in [-0.2, 0) is 21.2 Å². The van der Waals surface area contributed by atoms with E-state index in [1.807, 2.05) is 4.90 Å². The van der Waals surface area contributed by atoms with Gasteiger partial charge in [0.15, 0.2) is 9.84 Å². The first-order chi connectivity index (χ1) is 11.2. The van der Waals surface area contributed by atoms with Crippen molar-refractivity contribution in [1.29, 1.82) is 0 Å². The third-order valence-electron chi connectivity index (χ3n) is 4.61. The first-order valence-electron chi connectivity index (χ1n) is 7.59. The average Bonchev–Trinajstić information content (AvgIpc) is 2.81. The Labute approximate surface area is 144 Å². The maximum atomic E-state index is 13.3. The van der Waals surface area contributed by atoms with Crippen LogP contribution in [-0.4, -0.2) is 72.5 Å². The number of fused-ring (bicyclic) bond motifs is 1. The van der Waals surface area contributed by atoms with E-state index < -0.39 is 21.6 Å². The second-order valence-electron chi connectivity index (χ2n) is 6.29. The van der Waals surface area contributed by atoms with Crippen molar-refractivity contribution in [2.75, 3.05) is 31.1 Å². The molecular weight excluding hydrogens is 359 g/mol. The molecule has 3 rings (SSSR count). The molecule has 0 radical (unpaired) electrons. The normalized spacial score (nSPS) is 27.1. The number of carboxylic acid groups (broad SMARTS) is 1. The molecule has 2 heterocycles. The zero-order chi connectivity index (χ0) is 17.5. The molecular formula is C15H18ClFN2O4S. The van der Waals surface area contributed by atoms with E-state index in [0.717, 1.165) is 5.56 Å². The van der Waals surface area contributed by atoms with Gasteiger partial charge in [0, 0.05) is 31.7 Å². The number of aliphatic carboxylic acids is 1. The molecule has 2 fully saturated rings. The number of hydrogen-bond donors (Lipinski definition) is 1. The monoisotopic (exact) mass is 376 g/mol. The molecule has 0 unspecified atom stereocenters. The van der Waals surface area contributed by atoms with Gasteiger partial charge in [0.1, 0.15) is 5.82 Å². The molecule has 1 aromatic rings. The summed E-state index contributed by atoms with van der Waals surface area (Å²) >= 11 is 5.81. The predicted octanol–water partition coefficient (Wildman–Crippen LogP) is 0.847. The maximum absolute atomic E-state index is 13.3. The van der Waals surface area contributed by atoms with Crippen LogP contribution >= 0.6 is 11.6 Å². The Bertz CT molecular complexity index is 758. The number of sulfone groups is 1. The summed E-state index contributed by atoms with van der Waals surface area (Å²) in [4.78, 5) is 14.8. The lowest BCUT2D eigenvalue weighted by Gasteiger charge is -2.43. The van der Waals surface area contributed by atoms with E-state index in [1.165, 1.54) is 6.07 Å². The highest BCUT2D eigenvalue weighted by Crippen LogP contribution is 2.28. The lowest BCUT2D eigenvalue weighted by molar-refractivity contribution is -0.139. The number of nitrogens with zero attached hydrogens (tertiary/aromatic N) is 2. The highest BCUT2D eigenvalue weighted by atomic mass is 35.5. The van der Waals surface area contributed by atoms with Crippen molar-refractivity contribution < 1.29 is 22.7 Å². The minimum absolute atomic E-state index is 0.0166. The summed E-state index contributed by atoms with van der Waals surface area (Å²) in [5, 5.41) is 9.05. The lowest BCUT2D eigenvalue weighted by atomic mass is 10.0. The van der Waals surface area contributed by atoms with E-state index in [0.29, 0.717) is 19.6 Å². The van der Waals surface area contributed by atoms with Crippen LogP contribution < -0.4 is 0 Å². The van der Waals surface area contributed by atoms with Crippen molar-refractivity contribution in [2.45, 2.75) is 18.6 Å². The zero-order valence-electron chi connectivity index (χ0n) is 12.9. The Kier molecular flexibility index (Phi) is 4.83. The molecule has 0 spiro atoms. The molecule has 0 bridgehead atoms. The summed E-state index contributed by atoms with van der Waals surface area (Å²) in [5.74, 6) is -1.46. The number of carboxylic acids is 1. The maximum Gasteiger partial charge on any atom is 0.317 e. The Balaban J connectivity index is 1.80. The molecule has 1 aromatic carbocycles. The topological polar surface area (TPSA) is 77.9 Å². The number of piperazine rings is 1. The first-order valence-corrected chi connectivity index (χ1v) is 9.79. The molecule has 2 saturated heterocycles. The number of halogens is 2. The van der Waals surface area contributed by atoms with Crippen molar-refractivity contribution >= 4 is 27.4 Å². The Morgan fingerprint density at radius 3 is 2.50 bits per heavy atom. The van der Waals surface area contributed by atoms with E-state index in [9.17, 15) is 17.6 Å². The van der Waals surface area contributed by atoms with E-state index in [4.69, 9.17) is 16.7 Å². The van der Waals surface area contributed by atoms with Crippen LogP contribution in [0.4, 0.5) is 4.39 Å². The molecule has 1 N–H and O–H groups in total. The van der Waals surface area contributed by atoms with Crippen molar-refractivity contribution in [3.05, 3.63) is 34.6 Å². The molecule has 0 aliphatic carbocycles. The van der Waals surface area contributed by atoms with Gasteiger partial charge in [-0.1, -0.05) is 17.7 Å². The lowest BCUT2D eigenvalue weighted by Crippen LogP contribution is -2.59. The summed E-state index contributed by atoms with van der Waals surface area (Å²) in [6, 6.07) is 3.88. The standard InChI is InChI=1S/C15H18ClFN2O4S/c16-11-5-10(1-2-12(11)17)6-18-3-4-19(7-15(20)21)14-9-24(22,23)8-13(14)18/h1-2,5,13-14H,3-4,6-9H2,(H,20,21)/t13-,14+/m1/s1. The Hall–Kier alpha value is -1.22. The molecule has 24 heavy (non-hydrogen) atoms. The van der Waals surface area contributed by atoms with Gasteiger partial charge in [0.05, 0.1) is 23.1 Å². The van der Waals surface area contributed by atoms with Crippen LogP contribution in [0.2, 0.25) is 5.02 Å². The van der Waals surface area contributed by atoms with Crippen LogP contribution in [0.1, 0.15) is 5.56 Å². The summed E-state index contributed by atoms with van der Waals surface area (Å²) < 4.78 is 37.4. The van der Waals surface area contributed by atoms with Crippen molar-refractivity contribution in [3.63, 3.8) is 0 Å². The van der Waals surface area contributed by atoms with Gasteiger partial charge in [-0.15, -0.1) is 0 Å². The highest BCUT2D eigenvalue weighted by molar-refractivity contribution is 7.91. The third kappa shape index (κ3) is 3.72. The van der Waals surface area contributed by atoms with Gasteiger partial charge in [0.2, 0.25) is 0 Å². The van der Waals surface area contributed by atoms with Crippen molar-refractivity contribution in [2.24, 2.45) is 0 Å². The van der Waals surface area contributed by atoms with Gasteiger partial charge in [-0.25, -0.2) is 12.8 Å². The van der Waals surface area contributed by atoms with Crippen LogP contribution in [0.25, 0.3) is 0 Å². The predicted molar refractivity (Wildman–Crippen MR) is 87.3 cm³/mol. The largest absolute Gasteiger partial charge is 0.480 e. The molecule has 6 nitrogen and oxygen atoms in total. The van der Waals surface area contributed by atoms with Gasteiger partial charge in [-0.2, -0.15) is 0 Å². The second kappa shape index (κ2) is 6.59. The highest BCUT2D eigenvalue weighted by Gasteiger charge is 2.46. The third-order valence-corrected chi connectivity index (χ3v) is 6.60. The van der Waals surface area contributed by atoms with Crippen LogP contribution in [0.5, 0.6) is 0 Å². The van der Waals surface area contributed by atoms with Gasteiger partial charge >= 0.3 is 5.97 Å². The molecule has 2 aliphatic rings. The quantitative estimate of drug-likeness (QED) is 0.839. The smallest absolute Gasteiger partial charge is 0.317 e. The minimum Gasteiger partial charge on any atom is -0.480 e. The second-order valence-corrected chi connectivity index (χ2v) is 8.86. The molecule has 2 aliphatic heterocycles. The number of rotatable bonds is 4. The SMILES string of the molecule is O=C(O)CN1CCN(Cc2ccc(F)c(Cl)c2)[C@@H]2CS(=O)(=O)C[C@@H]21. The number of carbonyl (C=O) groups is 1. The van der Waals surface area contributed by atoms with Crippen LogP contribution in [0, 0.1) is 5.82 Å². The van der Waals surface area contributed by atoms with Crippen molar-refractivity contribution in [3.8, 4) is 0 Å². The van der Waals surface area contributed by atoms with Crippen molar-refractivity contribution in [1.82, 2.24) is 9.80 Å². The molecule has 132 valence electrons. The van der Waals surface area contributed by atoms with Gasteiger partial charge in [-0.3, -0.25) is 14.6 Å². The summed E-state index contributed by atoms with van der Waals surface area (Å²) in [5.41, 5.74) is 0.802. The van der Waals surface area contributed by atoms with Crippen LogP contribution in [0.15, 0.2) is 18.2 Å². The summed E-state index contributed by atoms with van der Waals surface area (Å²) in [6.45, 7) is 1.33. The number of benzene rings is 1. The molecule has 0 amide bonds. The first kappa shape index (κ1) is 17.6. The Morgan fingerprint density at radius 1 is 1.25 bits per heavy atom. The molecule has 9 heteroatoms. The van der Waals surface area contributed by atoms with Gasteiger partial charge < -0.3 is 5.11 Å². The summed E-state index contributed by atoms with van der Waals surface area (Å²) in [6.07, 6.45) is 0. The Morgan fingerprint density at radius 2 is 1.88 bits per heavy atom. The molecule has 0 aromatic heterocycles. The van der Waals surface area contributed by atoms with E-state index in [2.05, 4.69) is 0 Å². The fraction of sp³-hybridized carbons (Fsp3) is 0.533.